The number of amides is 3. The Labute approximate surface area is 301 Å². The van der Waals surface area contributed by atoms with E-state index in [1.54, 1.807) is 18.9 Å². The van der Waals surface area contributed by atoms with E-state index in [2.05, 4.69) is 10.6 Å². The topological polar surface area (TPSA) is 125 Å². The third-order valence-corrected chi connectivity index (χ3v) is 8.46. The van der Waals surface area contributed by atoms with Crippen molar-refractivity contribution < 1.29 is 38.1 Å². The first-order valence-corrected chi connectivity index (χ1v) is 17.6. The van der Waals surface area contributed by atoms with Gasteiger partial charge < -0.3 is 39.2 Å². The van der Waals surface area contributed by atoms with E-state index in [1.165, 1.54) is 6.92 Å². The molecule has 11 heteroatoms. The molecule has 1 heterocycles. The van der Waals surface area contributed by atoms with Gasteiger partial charge in [0.15, 0.2) is 0 Å². The van der Waals surface area contributed by atoms with E-state index < -0.39 is 23.9 Å². The van der Waals surface area contributed by atoms with Gasteiger partial charge in [0.2, 0.25) is 5.91 Å². The molecule has 0 saturated carbocycles. The van der Waals surface area contributed by atoms with Gasteiger partial charge in [-0.1, -0.05) is 48.5 Å². The highest BCUT2D eigenvalue weighted by atomic mass is 16.6. The SMILES string of the molecule is COc1ccccc1COCCCOc1ccc(C2CCN(C(=O)OC(C)(C)C)CC2O[C@@H](C)C(=O)Nc2ccccc2CCNC(C)=O)cc1. The Morgan fingerprint density at radius 3 is 2.35 bits per heavy atom. The molecule has 276 valence electrons. The number of anilines is 1. The maximum atomic E-state index is 13.4. The standard InChI is InChI=1S/C40H53N3O8/c1-28(38(45)42-35-14-9-7-12-31(35)20-22-41-29(2)44)50-37-26-43(39(46)51-40(3,4)5)23-21-34(37)30-16-18-33(19-17-30)49-25-11-24-48-27-32-13-8-10-15-36(32)47-6/h7-10,12-19,28,34,37H,11,20-27H2,1-6H3,(H,41,44)(H,42,45)/t28-,34?,37?/m0/s1. The van der Waals surface area contributed by atoms with Crippen molar-refractivity contribution in [3.05, 3.63) is 89.5 Å². The van der Waals surface area contributed by atoms with Crippen molar-refractivity contribution in [1.29, 1.82) is 0 Å². The summed E-state index contributed by atoms with van der Waals surface area (Å²) in [6, 6.07) is 23.2. The Kier molecular flexibility index (Phi) is 14.7. The number of carbonyl (C=O) groups excluding carboxylic acids is 3. The Hall–Kier alpha value is -4.61. The van der Waals surface area contributed by atoms with E-state index in [0.29, 0.717) is 51.4 Å². The fourth-order valence-corrected chi connectivity index (χ4v) is 5.89. The zero-order valence-electron chi connectivity index (χ0n) is 30.7. The molecule has 3 aromatic carbocycles. The summed E-state index contributed by atoms with van der Waals surface area (Å²) < 4.78 is 29.3. The minimum Gasteiger partial charge on any atom is -0.496 e. The molecule has 1 saturated heterocycles. The lowest BCUT2D eigenvalue weighted by Crippen LogP contribution is -2.50. The summed E-state index contributed by atoms with van der Waals surface area (Å²) in [5.74, 6) is 1.08. The molecular weight excluding hydrogens is 650 g/mol. The summed E-state index contributed by atoms with van der Waals surface area (Å²) >= 11 is 0. The van der Waals surface area contributed by atoms with Gasteiger partial charge in [0.1, 0.15) is 23.2 Å². The Morgan fingerprint density at radius 2 is 1.65 bits per heavy atom. The van der Waals surface area contributed by atoms with Crippen LogP contribution in [0.3, 0.4) is 0 Å². The van der Waals surface area contributed by atoms with E-state index >= 15 is 0 Å². The number of likely N-dealkylation sites (tertiary alicyclic amines) is 1. The minimum atomic E-state index is -0.813. The second kappa shape index (κ2) is 19.1. The van der Waals surface area contributed by atoms with Crippen molar-refractivity contribution in [2.45, 2.75) is 84.2 Å². The molecule has 51 heavy (non-hydrogen) atoms. The third-order valence-electron chi connectivity index (χ3n) is 8.46. The molecule has 0 spiro atoms. The maximum Gasteiger partial charge on any atom is 0.410 e. The minimum absolute atomic E-state index is 0.0682. The lowest BCUT2D eigenvalue weighted by atomic mass is 9.87. The Balaban J connectivity index is 1.36. The molecule has 3 atom stereocenters. The van der Waals surface area contributed by atoms with Crippen molar-refractivity contribution >= 4 is 23.6 Å². The van der Waals surface area contributed by atoms with E-state index in [0.717, 1.165) is 34.6 Å². The molecule has 2 N–H and O–H groups in total. The van der Waals surface area contributed by atoms with Gasteiger partial charge in [-0.05, 0) is 75.9 Å². The van der Waals surface area contributed by atoms with Gasteiger partial charge in [-0.3, -0.25) is 9.59 Å². The molecule has 1 fully saturated rings. The van der Waals surface area contributed by atoms with Gasteiger partial charge >= 0.3 is 6.09 Å². The quantitative estimate of drug-likeness (QED) is 0.162. The van der Waals surface area contributed by atoms with Crippen LogP contribution in [0.25, 0.3) is 0 Å². The number of benzene rings is 3. The average Bonchev–Trinajstić information content (AvgIpc) is 3.10. The highest BCUT2D eigenvalue weighted by Gasteiger charge is 2.37. The number of methoxy groups -OCH3 is 1. The van der Waals surface area contributed by atoms with Crippen LogP contribution < -0.4 is 20.1 Å². The molecule has 0 aromatic heterocycles. The lowest BCUT2D eigenvalue weighted by molar-refractivity contribution is -0.133. The van der Waals surface area contributed by atoms with Crippen LogP contribution in [0.1, 0.15) is 70.1 Å². The molecule has 4 rings (SSSR count). The van der Waals surface area contributed by atoms with E-state index in [-0.39, 0.29) is 24.3 Å². The number of ether oxygens (including phenoxy) is 5. The zero-order valence-corrected chi connectivity index (χ0v) is 30.7. The first-order valence-electron chi connectivity index (χ1n) is 17.6. The second-order valence-corrected chi connectivity index (χ2v) is 13.7. The van der Waals surface area contributed by atoms with Crippen molar-refractivity contribution in [3.63, 3.8) is 0 Å². The van der Waals surface area contributed by atoms with Crippen molar-refractivity contribution in [1.82, 2.24) is 10.2 Å². The van der Waals surface area contributed by atoms with Crippen LogP contribution in [-0.4, -0.2) is 80.6 Å². The van der Waals surface area contributed by atoms with Gasteiger partial charge in [0.05, 0.1) is 39.6 Å². The van der Waals surface area contributed by atoms with Crippen LogP contribution in [0.15, 0.2) is 72.8 Å². The number of piperidine rings is 1. The molecule has 1 aliphatic rings. The predicted octanol–water partition coefficient (Wildman–Crippen LogP) is 6.50. The number of nitrogens with zero attached hydrogens (tertiary/aromatic N) is 1. The predicted molar refractivity (Wildman–Crippen MR) is 196 cm³/mol. The van der Waals surface area contributed by atoms with Gasteiger partial charge in [0.25, 0.3) is 5.91 Å². The lowest BCUT2D eigenvalue weighted by Gasteiger charge is -2.40. The normalized spacial score (nSPS) is 16.5. The van der Waals surface area contributed by atoms with Crippen LogP contribution in [0, 0.1) is 0 Å². The monoisotopic (exact) mass is 703 g/mol. The molecule has 3 amide bonds. The molecule has 0 aliphatic carbocycles. The summed E-state index contributed by atoms with van der Waals surface area (Å²) in [5.41, 5.74) is 2.97. The fourth-order valence-electron chi connectivity index (χ4n) is 5.89. The van der Waals surface area contributed by atoms with Crippen LogP contribution in [0.5, 0.6) is 11.5 Å². The maximum absolute atomic E-state index is 13.4. The van der Waals surface area contributed by atoms with E-state index in [4.69, 9.17) is 23.7 Å². The second-order valence-electron chi connectivity index (χ2n) is 13.7. The van der Waals surface area contributed by atoms with Crippen molar-refractivity contribution in [2.75, 3.05) is 45.3 Å². The third kappa shape index (κ3) is 12.6. The van der Waals surface area contributed by atoms with Gasteiger partial charge in [-0.2, -0.15) is 0 Å². The molecular formula is C40H53N3O8. The molecule has 3 aromatic rings. The highest BCUT2D eigenvalue weighted by Crippen LogP contribution is 2.33. The number of para-hydroxylation sites is 2. The molecule has 0 bridgehead atoms. The zero-order chi connectivity index (χ0) is 36.8. The van der Waals surface area contributed by atoms with Gasteiger partial charge in [0, 0.05) is 43.6 Å². The molecule has 1 aliphatic heterocycles. The van der Waals surface area contributed by atoms with Crippen molar-refractivity contribution in [3.8, 4) is 11.5 Å². The number of rotatable bonds is 16. The van der Waals surface area contributed by atoms with Gasteiger partial charge in [-0.15, -0.1) is 0 Å². The highest BCUT2D eigenvalue weighted by molar-refractivity contribution is 5.94. The average molecular weight is 704 g/mol. The van der Waals surface area contributed by atoms with Crippen LogP contribution >= 0.6 is 0 Å². The summed E-state index contributed by atoms with van der Waals surface area (Å²) in [5, 5.41) is 5.79. The summed E-state index contributed by atoms with van der Waals surface area (Å²) in [6.45, 7) is 11.5. The first kappa shape index (κ1) is 39.2. The van der Waals surface area contributed by atoms with Crippen LogP contribution in [-0.2, 0) is 36.8 Å². The van der Waals surface area contributed by atoms with Crippen LogP contribution in [0.4, 0.5) is 10.5 Å². The van der Waals surface area contributed by atoms with E-state index in [1.807, 2.05) is 93.6 Å². The number of carbonyl (C=O) groups is 3. The Bertz CT molecular complexity index is 1570. The van der Waals surface area contributed by atoms with Crippen LogP contribution in [0.2, 0.25) is 0 Å². The largest absolute Gasteiger partial charge is 0.496 e. The summed E-state index contributed by atoms with van der Waals surface area (Å²) in [4.78, 5) is 39.5. The fraction of sp³-hybridized carbons (Fsp3) is 0.475. The number of nitrogens with one attached hydrogen (secondary N) is 2. The number of hydrogen-bond acceptors (Lipinski definition) is 8. The van der Waals surface area contributed by atoms with E-state index in [9.17, 15) is 14.4 Å². The number of hydrogen-bond donors (Lipinski definition) is 2. The summed E-state index contributed by atoms with van der Waals surface area (Å²) in [6.07, 6.45) is 0.249. The molecule has 0 radical (unpaired) electrons. The Morgan fingerprint density at radius 1 is 0.941 bits per heavy atom. The van der Waals surface area contributed by atoms with Crippen molar-refractivity contribution in [2.24, 2.45) is 0 Å². The first-order chi connectivity index (χ1) is 24.4. The smallest absolute Gasteiger partial charge is 0.410 e. The van der Waals surface area contributed by atoms with Gasteiger partial charge in [-0.25, -0.2) is 4.79 Å². The molecule has 2 unspecified atom stereocenters. The summed E-state index contributed by atoms with van der Waals surface area (Å²) in [7, 11) is 1.65. The molecule has 11 nitrogen and oxygen atoms in total.